The highest BCUT2D eigenvalue weighted by atomic mass is 32.2. The highest BCUT2D eigenvalue weighted by Crippen LogP contribution is 2.17. The van der Waals surface area contributed by atoms with Crippen molar-refractivity contribution >= 4 is 23.7 Å². The van der Waals surface area contributed by atoms with Gasteiger partial charge in [-0.15, -0.1) is 0 Å². The summed E-state index contributed by atoms with van der Waals surface area (Å²) in [4.78, 5) is 25.7. The van der Waals surface area contributed by atoms with Crippen LogP contribution < -0.4 is 0 Å². The molecule has 0 saturated heterocycles. The minimum atomic E-state index is -1.01. The topological polar surface area (TPSA) is 76.5 Å². The van der Waals surface area contributed by atoms with Crippen molar-refractivity contribution in [2.24, 2.45) is 0 Å². The van der Waals surface area contributed by atoms with Crippen LogP contribution >= 0.6 is 11.8 Å². The number of carboxylic acids is 1. The maximum absolute atomic E-state index is 10.9. The van der Waals surface area contributed by atoms with Crippen LogP contribution in [0.2, 0.25) is 0 Å². The second-order valence-electron chi connectivity index (χ2n) is 2.95. The summed E-state index contributed by atoms with van der Waals surface area (Å²) in [5, 5.41) is 9.40. The summed E-state index contributed by atoms with van der Waals surface area (Å²) in [7, 11) is 1.31. The Bertz CT molecular complexity index is 419. The van der Waals surface area contributed by atoms with E-state index >= 15 is 0 Å². The van der Waals surface area contributed by atoms with Crippen molar-refractivity contribution in [2.75, 3.05) is 12.9 Å². The van der Waals surface area contributed by atoms with E-state index in [0.29, 0.717) is 10.7 Å². The zero-order chi connectivity index (χ0) is 12.1. The molecule has 0 amide bonds. The number of methoxy groups -OCH3 is 1. The lowest BCUT2D eigenvalue weighted by Gasteiger charge is -2.03. The number of carboxylic acid groups (broad SMARTS) is 1. The van der Waals surface area contributed by atoms with Crippen LogP contribution in [-0.4, -0.2) is 34.9 Å². The predicted octanol–water partition coefficient (Wildman–Crippen LogP) is 1.35. The molecule has 0 bridgehead atoms. The molecule has 16 heavy (non-hydrogen) atoms. The third-order valence-electron chi connectivity index (χ3n) is 1.86. The van der Waals surface area contributed by atoms with Gasteiger partial charge in [0.05, 0.1) is 29.1 Å². The molecule has 86 valence electrons. The Morgan fingerprint density at radius 2 is 2.19 bits per heavy atom. The number of aryl methyl sites for hydroxylation is 1. The number of thioether (sulfide) groups is 1. The van der Waals surface area contributed by atoms with E-state index in [-0.39, 0.29) is 17.3 Å². The van der Waals surface area contributed by atoms with Crippen LogP contribution in [0.1, 0.15) is 16.1 Å². The van der Waals surface area contributed by atoms with Crippen LogP contribution in [0.3, 0.4) is 0 Å². The summed E-state index contributed by atoms with van der Waals surface area (Å²) >= 11 is 1.21. The van der Waals surface area contributed by atoms with Crippen molar-refractivity contribution in [2.45, 2.75) is 11.9 Å². The number of hydrogen-bond donors (Lipinski definition) is 1. The third kappa shape index (κ3) is 3.23. The molecule has 6 heteroatoms. The van der Waals surface area contributed by atoms with Crippen molar-refractivity contribution in [3.63, 3.8) is 0 Å². The van der Waals surface area contributed by atoms with Gasteiger partial charge in [-0.2, -0.15) is 0 Å². The smallest absolute Gasteiger partial charge is 0.337 e. The first kappa shape index (κ1) is 12.5. The van der Waals surface area contributed by atoms with Gasteiger partial charge in [0.25, 0.3) is 0 Å². The number of rotatable bonds is 4. The van der Waals surface area contributed by atoms with Crippen LogP contribution in [0.5, 0.6) is 0 Å². The molecular weight excluding hydrogens is 230 g/mol. The summed E-state index contributed by atoms with van der Waals surface area (Å²) in [6.07, 6.45) is 0. The first-order chi connectivity index (χ1) is 7.54. The molecule has 0 unspecified atom stereocenters. The van der Waals surface area contributed by atoms with Crippen molar-refractivity contribution in [1.29, 1.82) is 0 Å². The molecular formula is C10H11NO4S. The Morgan fingerprint density at radius 1 is 1.50 bits per heavy atom. The quantitative estimate of drug-likeness (QED) is 0.633. The van der Waals surface area contributed by atoms with Gasteiger partial charge >= 0.3 is 11.9 Å². The van der Waals surface area contributed by atoms with Crippen molar-refractivity contribution in [3.8, 4) is 0 Å². The minimum absolute atomic E-state index is 0.162. The van der Waals surface area contributed by atoms with E-state index in [1.54, 1.807) is 13.0 Å². The maximum atomic E-state index is 10.9. The van der Waals surface area contributed by atoms with Gasteiger partial charge in [-0.1, -0.05) is 11.8 Å². The lowest BCUT2D eigenvalue weighted by Crippen LogP contribution is -2.05. The zero-order valence-electron chi connectivity index (χ0n) is 8.89. The van der Waals surface area contributed by atoms with Crippen LogP contribution in [0.15, 0.2) is 17.2 Å². The van der Waals surface area contributed by atoms with E-state index in [9.17, 15) is 9.59 Å². The molecule has 1 aromatic rings. The fraction of sp³-hybridized carbons (Fsp3) is 0.300. The van der Waals surface area contributed by atoms with Crippen LogP contribution in [-0.2, 0) is 9.53 Å². The molecule has 0 spiro atoms. The average molecular weight is 241 g/mol. The number of hydrogen-bond acceptors (Lipinski definition) is 5. The SMILES string of the molecule is COC(=O)CSc1ccc(C(=O)O)c(C)n1. The Hall–Kier alpha value is -1.56. The molecule has 0 aliphatic carbocycles. The maximum Gasteiger partial charge on any atom is 0.337 e. The second-order valence-corrected chi connectivity index (χ2v) is 3.95. The minimum Gasteiger partial charge on any atom is -0.478 e. The normalized spacial score (nSPS) is 9.88. The third-order valence-corrected chi connectivity index (χ3v) is 2.76. The van der Waals surface area contributed by atoms with E-state index in [1.807, 2.05) is 0 Å². The molecule has 1 heterocycles. The van der Waals surface area contributed by atoms with Crippen molar-refractivity contribution in [1.82, 2.24) is 4.98 Å². The Kier molecular flexibility index (Phi) is 4.30. The van der Waals surface area contributed by atoms with Crippen molar-refractivity contribution in [3.05, 3.63) is 23.4 Å². The van der Waals surface area contributed by atoms with Gasteiger partial charge < -0.3 is 9.84 Å². The van der Waals surface area contributed by atoms with E-state index < -0.39 is 5.97 Å². The van der Waals surface area contributed by atoms with Crippen LogP contribution in [0.4, 0.5) is 0 Å². The molecule has 0 radical (unpaired) electrons. The van der Waals surface area contributed by atoms with E-state index in [2.05, 4.69) is 9.72 Å². The molecule has 0 aromatic carbocycles. The van der Waals surface area contributed by atoms with Crippen molar-refractivity contribution < 1.29 is 19.4 Å². The summed E-state index contributed by atoms with van der Waals surface area (Å²) in [5.74, 6) is -1.18. The van der Waals surface area contributed by atoms with Gasteiger partial charge in [-0.05, 0) is 19.1 Å². The Morgan fingerprint density at radius 3 is 2.69 bits per heavy atom. The Balaban J connectivity index is 2.74. The number of esters is 1. The number of pyridine rings is 1. The summed E-state index contributed by atoms with van der Waals surface area (Å²) in [6.45, 7) is 1.62. The number of carbonyl (C=O) groups excluding carboxylic acids is 1. The first-order valence-corrected chi connectivity index (χ1v) is 5.43. The largest absolute Gasteiger partial charge is 0.478 e. The van der Waals surface area contributed by atoms with Gasteiger partial charge in [-0.3, -0.25) is 4.79 Å². The highest BCUT2D eigenvalue weighted by Gasteiger charge is 2.09. The summed E-state index contributed by atoms with van der Waals surface area (Å²) < 4.78 is 4.48. The number of ether oxygens (including phenoxy) is 1. The summed E-state index contributed by atoms with van der Waals surface area (Å²) in [5.41, 5.74) is 0.602. The zero-order valence-corrected chi connectivity index (χ0v) is 9.71. The molecule has 0 fully saturated rings. The standard InChI is InChI=1S/C10H11NO4S/c1-6-7(10(13)14)3-4-8(11-6)16-5-9(12)15-2/h3-4H,5H2,1-2H3,(H,13,14). The highest BCUT2D eigenvalue weighted by molar-refractivity contribution is 7.99. The number of aromatic nitrogens is 1. The van der Waals surface area contributed by atoms with Gasteiger partial charge in [0.1, 0.15) is 0 Å². The fourth-order valence-electron chi connectivity index (χ4n) is 1.04. The predicted molar refractivity (Wildman–Crippen MR) is 58.7 cm³/mol. The van der Waals surface area contributed by atoms with Crippen LogP contribution in [0.25, 0.3) is 0 Å². The fourth-order valence-corrected chi connectivity index (χ4v) is 1.79. The molecule has 1 aromatic heterocycles. The van der Waals surface area contributed by atoms with E-state index in [0.717, 1.165) is 0 Å². The van der Waals surface area contributed by atoms with Gasteiger partial charge in [0.2, 0.25) is 0 Å². The molecule has 1 N–H and O–H groups in total. The molecule has 0 aliphatic rings. The molecule has 5 nitrogen and oxygen atoms in total. The molecule has 0 atom stereocenters. The molecule has 1 rings (SSSR count). The van der Waals surface area contributed by atoms with Crippen LogP contribution in [0, 0.1) is 6.92 Å². The second kappa shape index (κ2) is 5.50. The van der Waals surface area contributed by atoms with Gasteiger partial charge in [0, 0.05) is 0 Å². The van der Waals surface area contributed by atoms with Gasteiger partial charge in [-0.25, -0.2) is 9.78 Å². The average Bonchev–Trinajstić information content (AvgIpc) is 2.25. The van der Waals surface area contributed by atoms with Gasteiger partial charge in [0.15, 0.2) is 0 Å². The monoisotopic (exact) mass is 241 g/mol. The Labute approximate surface area is 96.8 Å². The lowest BCUT2D eigenvalue weighted by molar-refractivity contribution is -0.137. The number of aromatic carboxylic acids is 1. The lowest BCUT2D eigenvalue weighted by atomic mass is 10.2. The summed E-state index contributed by atoms with van der Waals surface area (Å²) in [6, 6.07) is 3.05. The molecule has 0 aliphatic heterocycles. The molecule has 0 saturated carbocycles. The number of nitrogens with zero attached hydrogens (tertiary/aromatic N) is 1. The first-order valence-electron chi connectivity index (χ1n) is 4.45. The van der Waals surface area contributed by atoms with E-state index in [4.69, 9.17) is 5.11 Å². The number of carbonyl (C=O) groups is 2. The van der Waals surface area contributed by atoms with E-state index in [1.165, 1.54) is 24.9 Å².